The van der Waals surface area contributed by atoms with Gasteiger partial charge >= 0.3 is 0 Å². The Morgan fingerprint density at radius 3 is 2.40 bits per heavy atom. The average molecular weight is 494 g/mol. The van der Waals surface area contributed by atoms with Gasteiger partial charge in [0, 0.05) is 30.2 Å². The van der Waals surface area contributed by atoms with Crippen LogP contribution in [0.3, 0.4) is 0 Å². The van der Waals surface area contributed by atoms with E-state index in [0.717, 1.165) is 55.3 Å². The highest BCUT2D eigenvalue weighted by atomic mass is 31.1. The minimum Gasteiger partial charge on any atom is -0.302 e. The molecule has 35 heavy (non-hydrogen) atoms. The largest absolute Gasteiger partial charge is 0.302 e. The lowest BCUT2D eigenvalue weighted by Gasteiger charge is -2.37. The fraction of sp³-hybridized carbons (Fsp3) is 0.333. The van der Waals surface area contributed by atoms with Crippen molar-refractivity contribution in [1.29, 1.82) is 0 Å². The lowest BCUT2D eigenvalue weighted by Crippen LogP contribution is -2.47. The van der Waals surface area contributed by atoms with Gasteiger partial charge in [-0.2, -0.15) is 0 Å². The summed E-state index contributed by atoms with van der Waals surface area (Å²) in [5.41, 5.74) is 8.26. The van der Waals surface area contributed by atoms with Crippen molar-refractivity contribution in [3.8, 4) is 0 Å². The smallest absolute Gasteiger partial charge is 0.123 e. The van der Waals surface area contributed by atoms with Crippen LogP contribution in [0, 0.1) is 11.7 Å². The number of aryl methyl sites for hydroxylation is 1. The molecular weight excluding hydrogens is 462 g/mol. The monoisotopic (exact) mass is 493 g/mol. The zero-order valence-corrected chi connectivity index (χ0v) is 21.0. The summed E-state index contributed by atoms with van der Waals surface area (Å²) in [5.74, 6) is 0.123. The summed E-state index contributed by atoms with van der Waals surface area (Å²) in [6, 6.07) is 21.5. The molecule has 2 unspecified atom stereocenters. The van der Waals surface area contributed by atoms with Crippen molar-refractivity contribution in [2.24, 2.45) is 5.92 Å². The van der Waals surface area contributed by atoms with Crippen molar-refractivity contribution < 1.29 is 13.0 Å². The Labute approximate surface area is 208 Å². The molecule has 0 amide bonds. The number of benzene rings is 3. The second kappa shape index (κ2) is 10.7. The molecule has 182 valence electrons. The Morgan fingerprint density at radius 1 is 0.971 bits per heavy atom. The Kier molecular flexibility index (Phi) is 7.41. The summed E-state index contributed by atoms with van der Waals surface area (Å²) in [5, 5.41) is 0.732. The number of hydrogen-bond donors (Lipinski definition) is 0. The Morgan fingerprint density at radius 2 is 1.71 bits per heavy atom. The fourth-order valence-corrected chi connectivity index (χ4v) is 6.00. The van der Waals surface area contributed by atoms with Gasteiger partial charge in [0.25, 0.3) is 0 Å². The molecule has 2 atom stereocenters. The van der Waals surface area contributed by atoms with E-state index in [1.54, 1.807) is 0 Å². The zero-order valence-electron chi connectivity index (χ0n) is 20.0. The summed E-state index contributed by atoms with van der Waals surface area (Å²) in [6.45, 7) is 4.72. The number of rotatable bonds is 8. The van der Waals surface area contributed by atoms with Crippen molar-refractivity contribution in [3.63, 3.8) is 0 Å². The zero-order chi connectivity index (χ0) is 24.4. The number of likely N-dealkylation sites (tertiary alicyclic amines) is 1. The van der Waals surface area contributed by atoms with Gasteiger partial charge in [-0.3, -0.25) is 4.39 Å². The van der Waals surface area contributed by atoms with E-state index in [1.165, 1.54) is 40.0 Å². The molecule has 2 aliphatic rings. The predicted octanol–water partition coefficient (Wildman–Crippen LogP) is 7.12. The van der Waals surface area contributed by atoms with E-state index < -0.39 is 8.89 Å². The van der Waals surface area contributed by atoms with Crippen LogP contribution in [-0.4, -0.2) is 31.2 Å². The summed E-state index contributed by atoms with van der Waals surface area (Å²) in [7, 11) is -0.714. The highest BCUT2D eigenvalue weighted by Crippen LogP contribution is 2.45. The molecular formula is C30H31F3NP. The van der Waals surface area contributed by atoms with E-state index in [-0.39, 0.29) is 24.3 Å². The number of nitrogens with zero attached hydrogens (tertiary/aromatic N) is 1. The first-order chi connectivity index (χ1) is 17.1. The SMILES string of the molecule is CC1=C(c2ccc(F)cc2)C(c2ccc(CCCN3CC(CF)C3)cc2)Cc2cc(PF)ccc21. The molecule has 0 spiro atoms. The average Bonchev–Trinajstić information content (AvgIpc) is 2.86. The lowest BCUT2D eigenvalue weighted by atomic mass is 9.73. The maximum atomic E-state index is 13.7. The second-order valence-corrected chi connectivity index (χ2v) is 10.7. The van der Waals surface area contributed by atoms with Crippen molar-refractivity contribution >= 4 is 25.3 Å². The van der Waals surface area contributed by atoms with Crippen LogP contribution in [0.2, 0.25) is 0 Å². The molecule has 5 heteroatoms. The first-order valence-electron chi connectivity index (χ1n) is 12.4. The highest BCUT2D eigenvalue weighted by molar-refractivity contribution is 7.41. The van der Waals surface area contributed by atoms with E-state index in [0.29, 0.717) is 0 Å². The summed E-state index contributed by atoms with van der Waals surface area (Å²) >= 11 is 0. The molecule has 0 bridgehead atoms. The molecule has 0 saturated carbocycles. The Bertz CT molecular complexity index is 1200. The second-order valence-electron chi connectivity index (χ2n) is 9.89. The van der Waals surface area contributed by atoms with Gasteiger partial charge in [-0.05, 0) is 89.9 Å². The van der Waals surface area contributed by atoms with Gasteiger partial charge in [-0.1, -0.05) is 48.5 Å². The summed E-state index contributed by atoms with van der Waals surface area (Å²) in [6.07, 6.45) is 2.87. The molecule has 0 aromatic heterocycles. The van der Waals surface area contributed by atoms with Crippen LogP contribution in [-0.2, 0) is 12.8 Å². The van der Waals surface area contributed by atoms with Crippen LogP contribution in [0.1, 0.15) is 47.1 Å². The molecule has 1 nitrogen and oxygen atoms in total. The standard InChI is InChI=1S/C30H31F3NP/c1-20-28-13-12-27(35-33)15-25(28)16-29(30(20)24-8-10-26(32)11-9-24)23-6-4-21(5-7-23)3-2-14-34-18-22(17-31)19-34/h4-13,15,22,29,35H,2-3,14,16-19H2,1H3. The van der Waals surface area contributed by atoms with Crippen molar-refractivity contribution in [1.82, 2.24) is 4.90 Å². The van der Waals surface area contributed by atoms with Crippen molar-refractivity contribution in [2.75, 3.05) is 26.3 Å². The molecule has 3 aromatic rings. The molecule has 1 saturated heterocycles. The molecule has 1 fully saturated rings. The summed E-state index contributed by atoms with van der Waals surface area (Å²) in [4.78, 5) is 2.33. The van der Waals surface area contributed by atoms with Gasteiger partial charge in [0.05, 0.1) is 15.6 Å². The number of fused-ring (bicyclic) bond motifs is 1. The van der Waals surface area contributed by atoms with Crippen molar-refractivity contribution in [3.05, 3.63) is 100 Å². The molecule has 3 aromatic carbocycles. The van der Waals surface area contributed by atoms with Crippen LogP contribution in [0.5, 0.6) is 0 Å². The first kappa shape index (κ1) is 24.3. The summed E-state index contributed by atoms with van der Waals surface area (Å²) < 4.78 is 39.7. The van der Waals surface area contributed by atoms with Gasteiger partial charge in [0.1, 0.15) is 5.82 Å². The van der Waals surface area contributed by atoms with E-state index >= 15 is 0 Å². The Hall–Kier alpha value is -2.42. The van der Waals surface area contributed by atoms with E-state index in [9.17, 15) is 13.0 Å². The van der Waals surface area contributed by atoms with E-state index in [4.69, 9.17) is 0 Å². The van der Waals surface area contributed by atoms with Gasteiger partial charge in [-0.15, -0.1) is 0 Å². The van der Waals surface area contributed by atoms with E-state index in [2.05, 4.69) is 36.1 Å². The maximum absolute atomic E-state index is 13.7. The minimum atomic E-state index is -0.714. The molecule has 0 N–H and O–H groups in total. The molecule has 1 aliphatic carbocycles. The third kappa shape index (κ3) is 5.25. The Balaban J connectivity index is 1.38. The van der Waals surface area contributed by atoms with Crippen LogP contribution in [0.15, 0.2) is 66.7 Å². The van der Waals surface area contributed by atoms with Gasteiger partial charge < -0.3 is 4.90 Å². The highest BCUT2D eigenvalue weighted by Gasteiger charge is 2.28. The normalized spacial score (nSPS) is 18.8. The van der Waals surface area contributed by atoms with E-state index in [1.807, 2.05) is 30.3 Å². The quantitative estimate of drug-likeness (QED) is 0.302. The van der Waals surface area contributed by atoms with Gasteiger partial charge in [-0.25, -0.2) is 8.59 Å². The van der Waals surface area contributed by atoms with Crippen LogP contribution >= 0.6 is 8.89 Å². The van der Waals surface area contributed by atoms with Gasteiger partial charge in [0.15, 0.2) is 0 Å². The van der Waals surface area contributed by atoms with Crippen LogP contribution in [0.4, 0.5) is 13.0 Å². The maximum Gasteiger partial charge on any atom is 0.123 e. The molecule has 1 heterocycles. The third-order valence-corrected chi connectivity index (χ3v) is 8.05. The number of allylic oxidation sites excluding steroid dienone is 2. The number of halogens is 3. The van der Waals surface area contributed by atoms with Gasteiger partial charge in [0.2, 0.25) is 0 Å². The minimum absolute atomic E-state index is 0.124. The molecule has 1 aliphatic heterocycles. The van der Waals surface area contributed by atoms with Crippen molar-refractivity contribution in [2.45, 2.75) is 32.1 Å². The predicted molar refractivity (Wildman–Crippen MR) is 141 cm³/mol. The lowest BCUT2D eigenvalue weighted by molar-refractivity contribution is 0.0801. The number of alkyl halides is 1. The molecule has 5 rings (SSSR count). The first-order valence-corrected chi connectivity index (χ1v) is 13.3. The number of hydrogen-bond acceptors (Lipinski definition) is 1. The topological polar surface area (TPSA) is 3.24 Å². The van der Waals surface area contributed by atoms with Crippen LogP contribution < -0.4 is 5.30 Å². The molecule has 0 radical (unpaired) electrons. The third-order valence-electron chi connectivity index (χ3n) is 7.52. The van der Waals surface area contributed by atoms with Crippen LogP contribution in [0.25, 0.3) is 11.1 Å². The fourth-order valence-electron chi connectivity index (χ4n) is 5.63.